The van der Waals surface area contributed by atoms with Crippen LogP contribution in [-0.2, 0) is 4.79 Å². The number of carboxylic acid groups (broad SMARTS) is 1. The zero-order valence-corrected chi connectivity index (χ0v) is 13.2. The summed E-state index contributed by atoms with van der Waals surface area (Å²) < 4.78 is 0. The van der Waals surface area contributed by atoms with Gasteiger partial charge in [0.1, 0.15) is 0 Å². The van der Waals surface area contributed by atoms with Gasteiger partial charge in [0.15, 0.2) is 0 Å². The fourth-order valence-corrected chi connectivity index (χ4v) is 2.11. The second kappa shape index (κ2) is 16.0. The minimum Gasteiger partial charge on any atom is -0.481 e. The molecule has 116 valence electrons. The third-order valence-electron chi connectivity index (χ3n) is 3.32. The summed E-state index contributed by atoms with van der Waals surface area (Å²) in [5, 5.41) is 8.50. The number of unbranched alkanes of at least 4 members (excludes halogenated alkanes) is 8. The monoisotopic (exact) mass is 280 g/mol. The number of allylic oxidation sites excluding steroid dienone is 4. The predicted octanol–water partition coefficient (Wildman–Crippen LogP) is 5.88. The van der Waals surface area contributed by atoms with Crippen molar-refractivity contribution < 1.29 is 9.90 Å². The zero-order chi connectivity index (χ0) is 14.9. The van der Waals surface area contributed by atoms with Crippen LogP contribution in [0.3, 0.4) is 0 Å². The van der Waals surface area contributed by atoms with Gasteiger partial charge in [-0.2, -0.15) is 0 Å². The summed E-state index contributed by atoms with van der Waals surface area (Å²) in [6.45, 7) is 2.17. The molecule has 0 radical (unpaired) electrons. The highest BCUT2D eigenvalue weighted by Gasteiger charge is 1.95. The third kappa shape index (κ3) is 16.9. The molecule has 20 heavy (non-hydrogen) atoms. The van der Waals surface area contributed by atoms with Gasteiger partial charge in [0, 0.05) is 6.42 Å². The number of hydrogen-bond acceptors (Lipinski definition) is 1. The Hall–Kier alpha value is -1.05. The lowest BCUT2D eigenvalue weighted by atomic mass is 10.1. The second-order valence-electron chi connectivity index (χ2n) is 5.34. The number of aliphatic carboxylic acids is 1. The molecule has 0 aromatic rings. The Labute approximate surface area is 125 Å². The lowest BCUT2D eigenvalue weighted by Crippen LogP contribution is -1.93. The lowest BCUT2D eigenvalue weighted by molar-refractivity contribution is -0.137. The molecule has 0 unspecified atom stereocenters. The molecule has 0 fully saturated rings. The molecule has 0 saturated heterocycles. The molecular formula is C18H32O2. The molecule has 0 bridgehead atoms. The van der Waals surface area contributed by atoms with Crippen molar-refractivity contribution >= 4 is 5.97 Å². The first-order valence-electron chi connectivity index (χ1n) is 8.29. The first-order chi connectivity index (χ1) is 9.77. The van der Waals surface area contributed by atoms with Gasteiger partial charge >= 0.3 is 5.97 Å². The van der Waals surface area contributed by atoms with Gasteiger partial charge in [-0.1, -0.05) is 50.5 Å². The van der Waals surface area contributed by atoms with Crippen LogP contribution < -0.4 is 0 Å². The SMILES string of the molecule is CC/C=C/CCCC/C=C\CCCCCCCC(=O)O. The second-order valence-corrected chi connectivity index (χ2v) is 5.34. The van der Waals surface area contributed by atoms with Crippen LogP contribution in [0.25, 0.3) is 0 Å². The molecule has 0 atom stereocenters. The maximum atomic E-state index is 10.3. The fraction of sp³-hybridized carbons (Fsp3) is 0.722. The van der Waals surface area contributed by atoms with Crippen LogP contribution in [0.1, 0.15) is 84.0 Å². The van der Waals surface area contributed by atoms with Crippen LogP contribution in [0.5, 0.6) is 0 Å². The van der Waals surface area contributed by atoms with Gasteiger partial charge < -0.3 is 5.11 Å². The molecule has 0 saturated carbocycles. The van der Waals surface area contributed by atoms with Crippen LogP contribution in [0.2, 0.25) is 0 Å². The molecule has 2 heteroatoms. The van der Waals surface area contributed by atoms with Gasteiger partial charge in [-0.25, -0.2) is 0 Å². The number of hydrogen-bond donors (Lipinski definition) is 1. The van der Waals surface area contributed by atoms with Gasteiger partial charge in [-0.05, 0) is 51.4 Å². The van der Waals surface area contributed by atoms with Gasteiger partial charge in [-0.15, -0.1) is 0 Å². The lowest BCUT2D eigenvalue weighted by Gasteiger charge is -1.98. The average Bonchev–Trinajstić information content (AvgIpc) is 2.43. The summed E-state index contributed by atoms with van der Waals surface area (Å²) in [7, 11) is 0. The molecule has 0 heterocycles. The Morgan fingerprint density at radius 1 is 0.750 bits per heavy atom. The van der Waals surface area contributed by atoms with E-state index in [0.717, 1.165) is 19.3 Å². The van der Waals surface area contributed by atoms with Gasteiger partial charge in [0.05, 0.1) is 0 Å². The first kappa shape index (κ1) is 18.9. The highest BCUT2D eigenvalue weighted by atomic mass is 16.4. The van der Waals surface area contributed by atoms with E-state index in [9.17, 15) is 4.79 Å². The van der Waals surface area contributed by atoms with Gasteiger partial charge in [0.2, 0.25) is 0 Å². The highest BCUT2D eigenvalue weighted by Crippen LogP contribution is 2.08. The summed E-state index contributed by atoms with van der Waals surface area (Å²) in [5.74, 6) is -0.668. The van der Waals surface area contributed by atoms with Crippen LogP contribution in [0.15, 0.2) is 24.3 Å². The highest BCUT2D eigenvalue weighted by molar-refractivity contribution is 5.66. The van der Waals surface area contributed by atoms with Crippen molar-refractivity contribution in [3.05, 3.63) is 24.3 Å². The minimum atomic E-state index is -0.668. The van der Waals surface area contributed by atoms with E-state index in [1.807, 2.05) is 0 Å². The zero-order valence-electron chi connectivity index (χ0n) is 13.2. The van der Waals surface area contributed by atoms with Crippen molar-refractivity contribution in [3.63, 3.8) is 0 Å². The van der Waals surface area contributed by atoms with E-state index < -0.39 is 5.97 Å². The van der Waals surface area contributed by atoms with Crippen LogP contribution in [0.4, 0.5) is 0 Å². The fourth-order valence-electron chi connectivity index (χ4n) is 2.11. The van der Waals surface area contributed by atoms with Crippen molar-refractivity contribution in [2.45, 2.75) is 84.0 Å². The quantitative estimate of drug-likeness (QED) is 0.318. The Balaban J connectivity index is 3.12. The first-order valence-corrected chi connectivity index (χ1v) is 8.29. The smallest absolute Gasteiger partial charge is 0.303 e. The third-order valence-corrected chi connectivity index (χ3v) is 3.32. The van der Waals surface area contributed by atoms with Crippen molar-refractivity contribution in [1.82, 2.24) is 0 Å². The van der Waals surface area contributed by atoms with Crippen molar-refractivity contribution in [3.8, 4) is 0 Å². The predicted molar refractivity (Wildman–Crippen MR) is 87.0 cm³/mol. The minimum absolute atomic E-state index is 0.327. The van der Waals surface area contributed by atoms with E-state index in [0.29, 0.717) is 6.42 Å². The van der Waals surface area contributed by atoms with Crippen LogP contribution in [-0.4, -0.2) is 11.1 Å². The molecular weight excluding hydrogens is 248 g/mol. The van der Waals surface area contributed by atoms with E-state index in [1.165, 1.54) is 51.4 Å². The maximum Gasteiger partial charge on any atom is 0.303 e. The molecule has 0 aliphatic rings. The molecule has 0 aromatic carbocycles. The topological polar surface area (TPSA) is 37.3 Å². The summed E-state index contributed by atoms with van der Waals surface area (Å²) in [6.07, 6.45) is 22.3. The molecule has 2 nitrogen and oxygen atoms in total. The Bertz CT molecular complexity index is 267. The normalized spacial score (nSPS) is 11.7. The average molecular weight is 280 g/mol. The summed E-state index contributed by atoms with van der Waals surface area (Å²) in [5.41, 5.74) is 0. The van der Waals surface area contributed by atoms with E-state index in [1.54, 1.807) is 0 Å². The van der Waals surface area contributed by atoms with E-state index in [2.05, 4.69) is 31.2 Å². The molecule has 0 aliphatic carbocycles. The van der Waals surface area contributed by atoms with Crippen LogP contribution >= 0.6 is 0 Å². The van der Waals surface area contributed by atoms with E-state index >= 15 is 0 Å². The van der Waals surface area contributed by atoms with Gasteiger partial charge in [-0.3, -0.25) is 4.79 Å². The summed E-state index contributed by atoms with van der Waals surface area (Å²) in [4.78, 5) is 10.3. The molecule has 1 N–H and O–H groups in total. The van der Waals surface area contributed by atoms with E-state index in [-0.39, 0.29) is 0 Å². The Morgan fingerprint density at radius 3 is 1.75 bits per heavy atom. The van der Waals surface area contributed by atoms with Crippen molar-refractivity contribution in [2.75, 3.05) is 0 Å². The summed E-state index contributed by atoms with van der Waals surface area (Å²) in [6, 6.07) is 0. The molecule has 0 rings (SSSR count). The van der Waals surface area contributed by atoms with E-state index in [4.69, 9.17) is 5.11 Å². The molecule has 0 aliphatic heterocycles. The largest absolute Gasteiger partial charge is 0.481 e. The number of carboxylic acids is 1. The Morgan fingerprint density at radius 2 is 1.20 bits per heavy atom. The Kier molecular flexibility index (Phi) is 15.2. The maximum absolute atomic E-state index is 10.3. The van der Waals surface area contributed by atoms with Crippen LogP contribution in [0, 0.1) is 0 Å². The molecule has 0 amide bonds. The standard InChI is InChI=1S/C18H32O2/c1-2-3-4-5-6-7-8-9-10-11-12-13-14-15-16-17-18(19)20/h3-4,9-10H,2,5-8,11-17H2,1H3,(H,19,20)/b4-3+,10-9-. The number of rotatable bonds is 14. The van der Waals surface area contributed by atoms with Crippen molar-refractivity contribution in [2.24, 2.45) is 0 Å². The molecule has 0 aromatic heterocycles. The van der Waals surface area contributed by atoms with Crippen molar-refractivity contribution in [1.29, 1.82) is 0 Å². The number of carbonyl (C=O) groups is 1. The molecule has 0 spiro atoms. The summed E-state index contributed by atoms with van der Waals surface area (Å²) >= 11 is 0. The van der Waals surface area contributed by atoms with Gasteiger partial charge in [0.25, 0.3) is 0 Å².